The van der Waals surface area contributed by atoms with Gasteiger partial charge in [-0.15, -0.1) is 0 Å². The lowest BCUT2D eigenvalue weighted by atomic mass is 9.92. The summed E-state index contributed by atoms with van der Waals surface area (Å²) in [4.78, 5) is 15.3. The zero-order chi connectivity index (χ0) is 14.9. The summed E-state index contributed by atoms with van der Waals surface area (Å²) in [6, 6.07) is 0.528. The van der Waals surface area contributed by atoms with Crippen LogP contribution in [-0.2, 0) is 4.79 Å². The first kappa shape index (κ1) is 17.1. The van der Waals surface area contributed by atoms with Crippen molar-refractivity contribution in [2.24, 2.45) is 5.92 Å². The van der Waals surface area contributed by atoms with E-state index in [-0.39, 0.29) is 5.92 Å². The molecule has 0 unspecified atom stereocenters. The fourth-order valence-electron chi connectivity index (χ4n) is 3.67. The monoisotopic (exact) mass is 312 g/mol. The van der Waals surface area contributed by atoms with Gasteiger partial charge in [0, 0.05) is 24.3 Å². The number of carbonyl (C=O) groups is 1. The summed E-state index contributed by atoms with van der Waals surface area (Å²) in [5, 5.41) is 3.43. The van der Waals surface area contributed by atoms with Crippen LogP contribution in [0.25, 0.3) is 0 Å². The number of nitrogens with one attached hydrogen (secondary N) is 1. The number of nitrogens with zero attached hydrogens (tertiary/aromatic N) is 1. The van der Waals surface area contributed by atoms with E-state index in [1.807, 2.05) is 11.8 Å². The van der Waals surface area contributed by atoms with Gasteiger partial charge >= 0.3 is 0 Å². The number of hydrogen-bond acceptors (Lipinski definition) is 3. The Morgan fingerprint density at radius 3 is 2.67 bits per heavy atom. The molecule has 1 aliphatic heterocycles. The van der Waals surface area contributed by atoms with Crippen LogP contribution in [0.2, 0.25) is 0 Å². The van der Waals surface area contributed by atoms with Crippen molar-refractivity contribution in [3.63, 3.8) is 0 Å². The van der Waals surface area contributed by atoms with Crippen molar-refractivity contribution in [2.75, 3.05) is 31.1 Å². The molecule has 0 aromatic heterocycles. The third kappa shape index (κ3) is 5.48. The molecule has 0 aromatic rings. The van der Waals surface area contributed by atoms with Gasteiger partial charge in [0.2, 0.25) is 5.91 Å². The van der Waals surface area contributed by atoms with Crippen LogP contribution in [0.15, 0.2) is 0 Å². The first-order valence-electron chi connectivity index (χ1n) is 8.92. The molecule has 1 heterocycles. The number of amides is 1. The molecule has 1 N–H and O–H groups in total. The molecule has 2 fully saturated rings. The van der Waals surface area contributed by atoms with Gasteiger partial charge in [0.1, 0.15) is 0 Å². The molecule has 1 saturated carbocycles. The van der Waals surface area contributed by atoms with E-state index in [0.29, 0.717) is 11.9 Å². The zero-order valence-electron chi connectivity index (χ0n) is 13.6. The molecule has 122 valence electrons. The Bertz CT molecular complexity index is 297. The third-order valence-corrected chi connectivity index (χ3v) is 5.78. The molecule has 2 aliphatic rings. The fourth-order valence-corrected chi connectivity index (χ4v) is 4.29. The van der Waals surface area contributed by atoms with Crippen molar-refractivity contribution in [2.45, 2.75) is 64.3 Å². The molecule has 0 aromatic carbocycles. The SMILES string of the molecule is CCSCCN(C(=O)[C@H]1CCCNCC1)C1CCCCC1. The predicted molar refractivity (Wildman–Crippen MR) is 91.8 cm³/mol. The summed E-state index contributed by atoms with van der Waals surface area (Å²) in [5.41, 5.74) is 0. The van der Waals surface area contributed by atoms with E-state index in [9.17, 15) is 4.79 Å². The third-order valence-electron chi connectivity index (χ3n) is 4.90. The summed E-state index contributed by atoms with van der Waals surface area (Å²) in [6.07, 6.45) is 9.69. The van der Waals surface area contributed by atoms with Gasteiger partial charge < -0.3 is 10.2 Å². The molecule has 1 saturated heterocycles. The Morgan fingerprint density at radius 1 is 1.10 bits per heavy atom. The standard InChI is InChI=1S/C17H32N2OS/c1-2-21-14-13-19(16-8-4-3-5-9-16)17(20)15-7-6-11-18-12-10-15/h15-16,18H,2-14H2,1H3/t15-/m0/s1. The average Bonchev–Trinajstić information content (AvgIpc) is 2.81. The molecule has 0 spiro atoms. The van der Waals surface area contributed by atoms with Gasteiger partial charge in [-0.2, -0.15) is 11.8 Å². The summed E-state index contributed by atoms with van der Waals surface area (Å²) < 4.78 is 0. The van der Waals surface area contributed by atoms with Crippen molar-refractivity contribution in [3.05, 3.63) is 0 Å². The molecule has 2 rings (SSSR count). The topological polar surface area (TPSA) is 32.3 Å². The molecule has 1 atom stereocenters. The molecular weight excluding hydrogens is 280 g/mol. The highest BCUT2D eigenvalue weighted by Gasteiger charge is 2.30. The molecule has 4 heteroatoms. The van der Waals surface area contributed by atoms with Gasteiger partial charge in [0.05, 0.1) is 0 Å². The van der Waals surface area contributed by atoms with Crippen molar-refractivity contribution >= 4 is 17.7 Å². The van der Waals surface area contributed by atoms with Crippen LogP contribution in [0.5, 0.6) is 0 Å². The van der Waals surface area contributed by atoms with Gasteiger partial charge in [-0.25, -0.2) is 0 Å². The summed E-state index contributed by atoms with van der Waals surface area (Å²) in [6.45, 7) is 5.26. The zero-order valence-corrected chi connectivity index (χ0v) is 14.4. The largest absolute Gasteiger partial charge is 0.339 e. The first-order valence-corrected chi connectivity index (χ1v) is 10.1. The van der Waals surface area contributed by atoms with Crippen LogP contribution in [-0.4, -0.2) is 48.0 Å². The molecule has 0 radical (unpaired) electrons. The van der Waals surface area contributed by atoms with Crippen LogP contribution in [0.4, 0.5) is 0 Å². The maximum atomic E-state index is 13.0. The van der Waals surface area contributed by atoms with Gasteiger partial charge in [0.25, 0.3) is 0 Å². The lowest BCUT2D eigenvalue weighted by Crippen LogP contribution is -2.45. The van der Waals surface area contributed by atoms with E-state index < -0.39 is 0 Å². The fraction of sp³-hybridized carbons (Fsp3) is 0.941. The Labute approximate surface area is 134 Å². The highest BCUT2D eigenvalue weighted by atomic mass is 32.2. The summed E-state index contributed by atoms with van der Waals surface area (Å²) in [5.74, 6) is 2.99. The number of hydrogen-bond donors (Lipinski definition) is 1. The molecule has 21 heavy (non-hydrogen) atoms. The van der Waals surface area contributed by atoms with Crippen LogP contribution < -0.4 is 5.32 Å². The second-order valence-electron chi connectivity index (χ2n) is 6.40. The van der Waals surface area contributed by atoms with E-state index in [0.717, 1.165) is 50.4 Å². The summed E-state index contributed by atoms with van der Waals surface area (Å²) >= 11 is 1.96. The first-order chi connectivity index (χ1) is 10.3. The Morgan fingerprint density at radius 2 is 1.90 bits per heavy atom. The Hall–Kier alpha value is -0.220. The van der Waals surface area contributed by atoms with Gasteiger partial charge in [0.15, 0.2) is 0 Å². The lowest BCUT2D eigenvalue weighted by Gasteiger charge is -2.36. The summed E-state index contributed by atoms with van der Waals surface area (Å²) in [7, 11) is 0. The number of carbonyl (C=O) groups excluding carboxylic acids is 1. The van der Waals surface area contributed by atoms with Crippen molar-refractivity contribution in [1.82, 2.24) is 10.2 Å². The Balaban J connectivity index is 1.95. The van der Waals surface area contributed by atoms with Crippen molar-refractivity contribution in [3.8, 4) is 0 Å². The predicted octanol–water partition coefficient (Wildman–Crippen LogP) is 3.29. The highest BCUT2D eigenvalue weighted by molar-refractivity contribution is 7.99. The average molecular weight is 313 g/mol. The maximum Gasteiger partial charge on any atom is 0.226 e. The van der Waals surface area contributed by atoms with Gasteiger partial charge in [-0.05, 0) is 50.9 Å². The van der Waals surface area contributed by atoms with Crippen LogP contribution in [0, 0.1) is 5.92 Å². The minimum Gasteiger partial charge on any atom is -0.339 e. The number of thioether (sulfide) groups is 1. The smallest absolute Gasteiger partial charge is 0.226 e. The van der Waals surface area contributed by atoms with E-state index >= 15 is 0 Å². The van der Waals surface area contributed by atoms with Crippen LogP contribution in [0.1, 0.15) is 58.3 Å². The van der Waals surface area contributed by atoms with Gasteiger partial charge in [-0.3, -0.25) is 4.79 Å². The van der Waals surface area contributed by atoms with Crippen molar-refractivity contribution < 1.29 is 4.79 Å². The number of rotatable bonds is 6. The lowest BCUT2D eigenvalue weighted by molar-refractivity contribution is -0.138. The second-order valence-corrected chi connectivity index (χ2v) is 7.79. The van der Waals surface area contributed by atoms with E-state index in [1.165, 1.54) is 32.1 Å². The quantitative estimate of drug-likeness (QED) is 0.764. The molecule has 1 aliphatic carbocycles. The van der Waals surface area contributed by atoms with E-state index in [4.69, 9.17) is 0 Å². The molecule has 1 amide bonds. The van der Waals surface area contributed by atoms with Crippen LogP contribution in [0.3, 0.4) is 0 Å². The van der Waals surface area contributed by atoms with Crippen molar-refractivity contribution in [1.29, 1.82) is 0 Å². The van der Waals surface area contributed by atoms with E-state index in [1.54, 1.807) is 0 Å². The van der Waals surface area contributed by atoms with Gasteiger partial charge in [-0.1, -0.05) is 26.2 Å². The van der Waals surface area contributed by atoms with Crippen LogP contribution >= 0.6 is 11.8 Å². The highest BCUT2D eigenvalue weighted by Crippen LogP contribution is 2.26. The maximum absolute atomic E-state index is 13.0. The second kappa shape index (κ2) is 9.73. The van der Waals surface area contributed by atoms with E-state index in [2.05, 4.69) is 17.1 Å². The Kier molecular flexibility index (Phi) is 7.94. The normalized spacial score (nSPS) is 24.5. The minimum absolute atomic E-state index is 0.272. The minimum atomic E-state index is 0.272. The molecule has 0 bridgehead atoms. The molecule has 3 nitrogen and oxygen atoms in total. The molecular formula is C17H32N2OS.